The second-order valence-corrected chi connectivity index (χ2v) is 7.61. The molecule has 1 fully saturated rings. The van der Waals surface area contributed by atoms with Crippen molar-refractivity contribution in [2.75, 3.05) is 11.5 Å². The molecule has 0 aliphatic carbocycles. The van der Waals surface area contributed by atoms with Gasteiger partial charge in [-0.05, 0) is 31.9 Å². The number of sulfone groups is 1. The molecule has 20 heavy (non-hydrogen) atoms. The molecule has 1 unspecified atom stereocenters. The molecule has 6 nitrogen and oxygen atoms in total. The van der Waals surface area contributed by atoms with Gasteiger partial charge in [0.25, 0.3) is 0 Å². The van der Waals surface area contributed by atoms with Crippen LogP contribution in [-0.4, -0.2) is 40.6 Å². The van der Waals surface area contributed by atoms with Crippen molar-refractivity contribution in [1.82, 2.24) is 19.9 Å². The van der Waals surface area contributed by atoms with Crippen LogP contribution in [0.25, 0.3) is 5.65 Å². The van der Waals surface area contributed by atoms with Crippen LogP contribution in [0.4, 0.5) is 0 Å². The van der Waals surface area contributed by atoms with Gasteiger partial charge in [0.2, 0.25) is 0 Å². The molecule has 3 rings (SSSR count). The Morgan fingerprint density at radius 3 is 2.80 bits per heavy atom. The fourth-order valence-electron chi connectivity index (χ4n) is 2.64. The highest BCUT2D eigenvalue weighted by Crippen LogP contribution is 2.17. The summed E-state index contributed by atoms with van der Waals surface area (Å²) in [7, 11) is -2.81. The first kappa shape index (κ1) is 13.5. The van der Waals surface area contributed by atoms with Gasteiger partial charge in [-0.2, -0.15) is 0 Å². The smallest absolute Gasteiger partial charge is 0.160 e. The van der Waals surface area contributed by atoms with Crippen molar-refractivity contribution < 1.29 is 8.42 Å². The SMILES string of the molecule is CC(NC1CCS(=O)(=O)CC1)c1nnc2ccccn12. The zero-order valence-electron chi connectivity index (χ0n) is 11.4. The lowest BCUT2D eigenvalue weighted by molar-refractivity contribution is 0.409. The summed E-state index contributed by atoms with van der Waals surface area (Å²) >= 11 is 0. The molecule has 2 aromatic heterocycles. The average molecular weight is 294 g/mol. The number of hydrogen-bond acceptors (Lipinski definition) is 5. The number of pyridine rings is 1. The van der Waals surface area contributed by atoms with Crippen LogP contribution in [0.15, 0.2) is 24.4 Å². The molecular formula is C13H18N4O2S. The maximum Gasteiger partial charge on any atom is 0.160 e. The quantitative estimate of drug-likeness (QED) is 0.912. The van der Waals surface area contributed by atoms with E-state index in [9.17, 15) is 8.42 Å². The lowest BCUT2D eigenvalue weighted by Gasteiger charge is -2.25. The lowest BCUT2D eigenvalue weighted by Crippen LogP contribution is -2.39. The van der Waals surface area contributed by atoms with Crippen LogP contribution in [0.3, 0.4) is 0 Å². The molecule has 1 N–H and O–H groups in total. The van der Waals surface area contributed by atoms with Gasteiger partial charge in [-0.15, -0.1) is 10.2 Å². The molecule has 0 aromatic carbocycles. The van der Waals surface area contributed by atoms with Crippen LogP contribution in [-0.2, 0) is 9.84 Å². The highest BCUT2D eigenvalue weighted by Gasteiger charge is 2.25. The van der Waals surface area contributed by atoms with Crippen LogP contribution in [0.5, 0.6) is 0 Å². The van der Waals surface area contributed by atoms with Crippen LogP contribution in [0.1, 0.15) is 31.6 Å². The minimum Gasteiger partial charge on any atom is -0.305 e. The van der Waals surface area contributed by atoms with E-state index in [0.29, 0.717) is 12.8 Å². The van der Waals surface area contributed by atoms with Gasteiger partial charge >= 0.3 is 0 Å². The third-order valence-electron chi connectivity index (χ3n) is 3.77. The first-order valence-corrected chi connectivity index (χ1v) is 8.63. The van der Waals surface area contributed by atoms with Crippen molar-refractivity contribution in [3.63, 3.8) is 0 Å². The fourth-order valence-corrected chi connectivity index (χ4v) is 4.13. The highest BCUT2D eigenvalue weighted by atomic mass is 32.2. The molecule has 0 saturated carbocycles. The zero-order valence-corrected chi connectivity index (χ0v) is 12.2. The Kier molecular flexibility index (Phi) is 3.47. The van der Waals surface area contributed by atoms with Gasteiger partial charge in [-0.3, -0.25) is 4.40 Å². The molecule has 1 atom stereocenters. The Labute approximate surface area is 118 Å². The van der Waals surface area contributed by atoms with Gasteiger partial charge in [0.15, 0.2) is 11.5 Å². The summed E-state index contributed by atoms with van der Waals surface area (Å²) < 4.78 is 24.8. The summed E-state index contributed by atoms with van der Waals surface area (Å²) in [6.45, 7) is 2.03. The highest BCUT2D eigenvalue weighted by molar-refractivity contribution is 7.91. The van der Waals surface area contributed by atoms with Gasteiger partial charge < -0.3 is 5.32 Å². The molecule has 0 amide bonds. The molecular weight excluding hydrogens is 276 g/mol. The summed E-state index contributed by atoms with van der Waals surface area (Å²) in [6, 6.07) is 6.05. The molecule has 108 valence electrons. The predicted molar refractivity (Wildman–Crippen MR) is 76.2 cm³/mol. The van der Waals surface area contributed by atoms with Gasteiger partial charge in [0, 0.05) is 12.2 Å². The van der Waals surface area contributed by atoms with Crippen molar-refractivity contribution in [2.24, 2.45) is 0 Å². The molecule has 2 aromatic rings. The zero-order chi connectivity index (χ0) is 14.2. The number of fused-ring (bicyclic) bond motifs is 1. The van der Waals surface area contributed by atoms with E-state index in [1.807, 2.05) is 35.7 Å². The summed E-state index contributed by atoms with van der Waals surface area (Å²) in [5.41, 5.74) is 0.822. The Morgan fingerprint density at radius 2 is 2.05 bits per heavy atom. The van der Waals surface area contributed by atoms with Crippen LogP contribution in [0.2, 0.25) is 0 Å². The molecule has 0 radical (unpaired) electrons. The topological polar surface area (TPSA) is 76.4 Å². The van der Waals surface area contributed by atoms with Crippen LogP contribution in [0, 0.1) is 0 Å². The third-order valence-corrected chi connectivity index (χ3v) is 5.48. The minimum absolute atomic E-state index is 0.0400. The molecule has 0 bridgehead atoms. The van der Waals surface area contributed by atoms with Crippen LogP contribution < -0.4 is 5.32 Å². The summed E-state index contributed by atoms with van der Waals surface area (Å²) in [5.74, 6) is 1.41. The summed E-state index contributed by atoms with van der Waals surface area (Å²) in [4.78, 5) is 0. The lowest BCUT2D eigenvalue weighted by atomic mass is 10.1. The van der Waals surface area contributed by atoms with Crippen molar-refractivity contribution in [3.05, 3.63) is 30.2 Å². The van der Waals surface area contributed by atoms with E-state index >= 15 is 0 Å². The number of aromatic nitrogens is 3. The van der Waals surface area contributed by atoms with E-state index in [0.717, 1.165) is 11.5 Å². The molecule has 3 heterocycles. The van der Waals surface area contributed by atoms with Gasteiger partial charge in [-0.25, -0.2) is 8.42 Å². The molecule has 1 aliphatic rings. The van der Waals surface area contributed by atoms with E-state index in [1.165, 1.54) is 0 Å². The van der Waals surface area contributed by atoms with E-state index < -0.39 is 9.84 Å². The van der Waals surface area contributed by atoms with E-state index in [4.69, 9.17) is 0 Å². The van der Waals surface area contributed by atoms with Crippen LogP contribution >= 0.6 is 0 Å². The Morgan fingerprint density at radius 1 is 1.30 bits per heavy atom. The average Bonchev–Trinajstić information content (AvgIpc) is 2.85. The second-order valence-electron chi connectivity index (χ2n) is 5.30. The fraction of sp³-hybridized carbons (Fsp3) is 0.538. The standard InChI is InChI=1S/C13H18N4O2S/c1-10(14-11-5-8-20(18,19)9-6-11)13-16-15-12-4-2-3-7-17(12)13/h2-4,7,10-11,14H,5-6,8-9H2,1H3. The largest absolute Gasteiger partial charge is 0.305 e. The number of nitrogens with one attached hydrogen (secondary N) is 1. The maximum absolute atomic E-state index is 11.4. The van der Waals surface area contributed by atoms with Crippen molar-refractivity contribution >= 4 is 15.5 Å². The minimum atomic E-state index is -2.81. The predicted octanol–water partition coefficient (Wildman–Crippen LogP) is 0.957. The summed E-state index contributed by atoms with van der Waals surface area (Å²) in [5, 5.41) is 11.8. The van der Waals surface area contributed by atoms with Crippen molar-refractivity contribution in [3.8, 4) is 0 Å². The Bertz CT molecular complexity index is 696. The first-order chi connectivity index (χ1) is 9.55. The first-order valence-electron chi connectivity index (χ1n) is 6.81. The van der Waals surface area contributed by atoms with Gasteiger partial charge in [0.05, 0.1) is 17.5 Å². The second kappa shape index (κ2) is 5.14. The number of rotatable bonds is 3. The molecule has 0 spiro atoms. The van der Waals surface area contributed by atoms with E-state index in [2.05, 4.69) is 15.5 Å². The summed E-state index contributed by atoms with van der Waals surface area (Å²) in [6.07, 6.45) is 3.28. The monoisotopic (exact) mass is 294 g/mol. The number of nitrogens with zero attached hydrogens (tertiary/aromatic N) is 3. The third kappa shape index (κ3) is 2.69. The van der Waals surface area contributed by atoms with Crippen molar-refractivity contribution in [2.45, 2.75) is 31.8 Å². The Hall–Kier alpha value is -1.47. The molecule has 7 heteroatoms. The number of hydrogen-bond donors (Lipinski definition) is 1. The van der Waals surface area contributed by atoms with E-state index in [1.54, 1.807) is 0 Å². The Balaban J connectivity index is 1.72. The van der Waals surface area contributed by atoms with E-state index in [-0.39, 0.29) is 23.6 Å². The maximum atomic E-state index is 11.4. The van der Waals surface area contributed by atoms with Crippen molar-refractivity contribution in [1.29, 1.82) is 0 Å². The molecule has 1 saturated heterocycles. The van der Waals surface area contributed by atoms with Gasteiger partial charge in [-0.1, -0.05) is 6.07 Å². The molecule has 1 aliphatic heterocycles. The van der Waals surface area contributed by atoms with Gasteiger partial charge in [0.1, 0.15) is 9.84 Å². The normalized spacial score (nSPS) is 21.1.